The van der Waals surface area contributed by atoms with Crippen LogP contribution < -0.4 is 10.6 Å². The Kier molecular flexibility index (Phi) is 9.12. The molecule has 0 fully saturated rings. The van der Waals surface area contributed by atoms with Crippen molar-refractivity contribution in [2.75, 3.05) is 0 Å². The summed E-state index contributed by atoms with van der Waals surface area (Å²) in [6.45, 7) is 20.4. The van der Waals surface area contributed by atoms with Crippen molar-refractivity contribution >= 4 is 17.9 Å². The largest absolute Gasteiger partial charge is 0.444 e. The number of nitrogens with one attached hydrogen (secondary N) is 2. The van der Waals surface area contributed by atoms with Gasteiger partial charge in [0.2, 0.25) is 11.8 Å². The Bertz CT molecular complexity index is 815. The van der Waals surface area contributed by atoms with Gasteiger partial charge >= 0.3 is 6.09 Å². The third kappa shape index (κ3) is 9.06. The summed E-state index contributed by atoms with van der Waals surface area (Å²) in [5.41, 5.74) is -1.20. The maximum atomic E-state index is 14.0. The van der Waals surface area contributed by atoms with Crippen molar-refractivity contribution in [3.05, 3.63) is 35.9 Å². The number of alkyl carbamates (subject to hydrolysis) is 1. The van der Waals surface area contributed by atoms with Gasteiger partial charge in [0.25, 0.3) is 0 Å². The molecule has 0 aliphatic heterocycles. The molecule has 7 nitrogen and oxygen atoms in total. The van der Waals surface area contributed by atoms with Crippen LogP contribution in [0.2, 0.25) is 0 Å². The molecule has 1 aromatic rings. The smallest absolute Gasteiger partial charge is 0.408 e. The first kappa shape index (κ1) is 28.5. The lowest BCUT2D eigenvalue weighted by atomic mass is 9.92. The molecular formula is C26H43N3O4. The number of carbonyl (C=O) groups excluding carboxylic acids is 3. The molecule has 0 spiro atoms. The number of carbonyl (C=O) groups is 3. The molecule has 1 aromatic carbocycles. The number of benzene rings is 1. The van der Waals surface area contributed by atoms with E-state index in [0.717, 1.165) is 0 Å². The van der Waals surface area contributed by atoms with Gasteiger partial charge in [-0.3, -0.25) is 9.59 Å². The average Bonchev–Trinajstić information content (AvgIpc) is 2.60. The molecule has 0 bridgehead atoms. The molecule has 186 valence electrons. The van der Waals surface area contributed by atoms with Crippen LogP contribution in [0.15, 0.2) is 30.3 Å². The Labute approximate surface area is 199 Å². The van der Waals surface area contributed by atoms with E-state index in [4.69, 9.17) is 4.74 Å². The Morgan fingerprint density at radius 3 is 1.79 bits per heavy atom. The topological polar surface area (TPSA) is 87.7 Å². The van der Waals surface area contributed by atoms with Crippen LogP contribution >= 0.6 is 0 Å². The van der Waals surface area contributed by atoms with Crippen LogP contribution in [-0.2, 0) is 14.3 Å². The molecule has 0 aliphatic carbocycles. The average molecular weight is 462 g/mol. The summed E-state index contributed by atoms with van der Waals surface area (Å²) in [6.07, 6.45) is -0.668. The molecule has 0 saturated heterocycles. The van der Waals surface area contributed by atoms with Crippen LogP contribution in [0.25, 0.3) is 0 Å². The number of hydrogen-bond acceptors (Lipinski definition) is 4. The first-order chi connectivity index (χ1) is 14.8. The second-order valence-electron chi connectivity index (χ2n) is 11.8. The van der Waals surface area contributed by atoms with E-state index in [1.54, 1.807) is 25.7 Å². The number of ether oxygens (including phenoxy) is 1. The SMILES string of the molecule is CC(C)C(NC(=O)OC(C)(C)C)C(=O)N(C(C(=O)NC(C)(C)C)c1ccccc1)C(C)(C)C. The highest BCUT2D eigenvalue weighted by Crippen LogP contribution is 2.31. The van der Waals surface area contributed by atoms with Gasteiger partial charge in [0.1, 0.15) is 17.7 Å². The second kappa shape index (κ2) is 10.6. The molecular weight excluding hydrogens is 418 g/mol. The molecule has 0 heterocycles. The zero-order chi connectivity index (χ0) is 25.8. The monoisotopic (exact) mass is 461 g/mol. The number of amides is 3. The standard InChI is InChI=1S/C26H43N3O4/c1-17(2)19(27-23(32)33-26(9,10)11)22(31)29(25(6,7)8)20(18-15-13-12-14-16-18)21(30)28-24(3,4)5/h12-17,19-20H,1-11H3,(H,27,32)(H,28,30). The highest BCUT2D eigenvalue weighted by Gasteiger charge is 2.43. The van der Waals surface area contributed by atoms with E-state index in [-0.39, 0.29) is 17.7 Å². The lowest BCUT2D eigenvalue weighted by Gasteiger charge is -2.44. The van der Waals surface area contributed by atoms with Crippen molar-refractivity contribution in [3.63, 3.8) is 0 Å². The first-order valence-electron chi connectivity index (χ1n) is 11.5. The number of nitrogens with zero attached hydrogens (tertiary/aromatic N) is 1. The van der Waals surface area contributed by atoms with E-state index in [1.165, 1.54) is 0 Å². The van der Waals surface area contributed by atoms with Crippen LogP contribution in [0, 0.1) is 5.92 Å². The predicted molar refractivity (Wildman–Crippen MR) is 132 cm³/mol. The normalized spacial score (nSPS) is 14.3. The lowest BCUT2D eigenvalue weighted by molar-refractivity contribution is -0.149. The van der Waals surface area contributed by atoms with Crippen LogP contribution in [0.4, 0.5) is 4.79 Å². The Morgan fingerprint density at radius 2 is 1.39 bits per heavy atom. The Balaban J connectivity index is 3.51. The van der Waals surface area contributed by atoms with Crippen molar-refractivity contribution in [2.24, 2.45) is 5.92 Å². The van der Waals surface area contributed by atoms with Crippen molar-refractivity contribution in [3.8, 4) is 0 Å². The van der Waals surface area contributed by atoms with E-state index in [1.807, 2.05) is 85.7 Å². The zero-order valence-corrected chi connectivity index (χ0v) is 22.2. The summed E-state index contributed by atoms with van der Waals surface area (Å²) in [5.74, 6) is -0.852. The minimum absolute atomic E-state index is 0.225. The Hall–Kier alpha value is -2.57. The van der Waals surface area contributed by atoms with Crippen LogP contribution in [0.3, 0.4) is 0 Å². The first-order valence-corrected chi connectivity index (χ1v) is 11.5. The Morgan fingerprint density at radius 1 is 0.879 bits per heavy atom. The third-order valence-electron chi connectivity index (χ3n) is 4.69. The van der Waals surface area contributed by atoms with Gasteiger partial charge in [0.15, 0.2) is 0 Å². The van der Waals surface area contributed by atoms with Crippen molar-refractivity contribution < 1.29 is 19.1 Å². The summed E-state index contributed by atoms with van der Waals surface area (Å²) in [7, 11) is 0. The summed E-state index contributed by atoms with van der Waals surface area (Å²) in [4.78, 5) is 41.6. The highest BCUT2D eigenvalue weighted by molar-refractivity contribution is 5.93. The minimum Gasteiger partial charge on any atom is -0.444 e. The van der Waals surface area contributed by atoms with Gasteiger partial charge in [-0.05, 0) is 73.8 Å². The molecule has 7 heteroatoms. The van der Waals surface area contributed by atoms with E-state index in [2.05, 4.69) is 10.6 Å². The lowest BCUT2D eigenvalue weighted by Crippen LogP contribution is -2.60. The molecule has 2 unspecified atom stereocenters. The summed E-state index contributed by atoms with van der Waals surface area (Å²) in [6, 6.07) is 7.49. The molecule has 0 aromatic heterocycles. The van der Waals surface area contributed by atoms with Gasteiger partial charge in [-0.1, -0.05) is 44.2 Å². The maximum absolute atomic E-state index is 14.0. The van der Waals surface area contributed by atoms with Crippen molar-refractivity contribution in [1.29, 1.82) is 0 Å². The van der Waals surface area contributed by atoms with Gasteiger partial charge in [0, 0.05) is 11.1 Å². The van der Waals surface area contributed by atoms with Gasteiger partial charge in [-0.2, -0.15) is 0 Å². The van der Waals surface area contributed by atoms with Gasteiger partial charge in [0.05, 0.1) is 0 Å². The molecule has 0 aliphatic rings. The van der Waals surface area contributed by atoms with Crippen LogP contribution in [0.1, 0.15) is 87.8 Å². The summed E-state index contributed by atoms with van der Waals surface area (Å²) in [5, 5.41) is 5.76. The number of hydrogen-bond donors (Lipinski definition) is 2. The quantitative estimate of drug-likeness (QED) is 0.636. The van der Waals surface area contributed by atoms with Gasteiger partial charge < -0.3 is 20.3 Å². The van der Waals surface area contributed by atoms with Gasteiger partial charge in [-0.25, -0.2) is 4.79 Å². The molecule has 3 amide bonds. The van der Waals surface area contributed by atoms with E-state index < -0.39 is 34.9 Å². The molecule has 2 N–H and O–H groups in total. The van der Waals surface area contributed by atoms with E-state index in [9.17, 15) is 14.4 Å². The minimum atomic E-state index is -0.875. The molecule has 33 heavy (non-hydrogen) atoms. The summed E-state index contributed by atoms with van der Waals surface area (Å²) < 4.78 is 5.39. The van der Waals surface area contributed by atoms with Crippen LogP contribution in [0.5, 0.6) is 0 Å². The molecule has 1 rings (SSSR count). The van der Waals surface area contributed by atoms with Crippen LogP contribution in [-0.4, -0.2) is 45.5 Å². The number of rotatable bonds is 6. The highest BCUT2D eigenvalue weighted by atomic mass is 16.6. The van der Waals surface area contributed by atoms with Crippen molar-refractivity contribution in [1.82, 2.24) is 15.5 Å². The maximum Gasteiger partial charge on any atom is 0.408 e. The third-order valence-corrected chi connectivity index (χ3v) is 4.69. The predicted octanol–water partition coefficient (Wildman–Crippen LogP) is 4.82. The molecule has 0 radical (unpaired) electrons. The fraction of sp³-hybridized carbons (Fsp3) is 0.654. The van der Waals surface area contributed by atoms with Gasteiger partial charge in [-0.15, -0.1) is 0 Å². The van der Waals surface area contributed by atoms with E-state index in [0.29, 0.717) is 5.56 Å². The fourth-order valence-corrected chi connectivity index (χ4v) is 3.43. The summed E-state index contributed by atoms with van der Waals surface area (Å²) >= 11 is 0. The fourth-order valence-electron chi connectivity index (χ4n) is 3.43. The molecule has 0 saturated carbocycles. The molecule has 2 atom stereocenters. The second-order valence-corrected chi connectivity index (χ2v) is 11.8. The zero-order valence-electron chi connectivity index (χ0n) is 22.2. The van der Waals surface area contributed by atoms with Crippen molar-refractivity contribution in [2.45, 2.75) is 105 Å². The van der Waals surface area contributed by atoms with E-state index >= 15 is 0 Å².